The maximum atomic E-state index is 12.9. The third-order valence-electron chi connectivity index (χ3n) is 4.11. The third kappa shape index (κ3) is 3.50. The van der Waals surface area contributed by atoms with Crippen molar-refractivity contribution in [2.24, 2.45) is 5.92 Å². The highest BCUT2D eigenvalue weighted by atomic mass is 32.2. The van der Waals surface area contributed by atoms with E-state index in [0.29, 0.717) is 0 Å². The van der Waals surface area contributed by atoms with E-state index in [1.54, 1.807) is 0 Å². The summed E-state index contributed by atoms with van der Waals surface area (Å²) in [5.74, 6) is 0.767. The standard InChI is InChI=1S/C17H27NOS/c1-13-8-10-18(11-9-13)20(19)16-7-6-14(2)12-15(16)17(3,4)5/h6-7,12-13H,8-11H2,1-5H3. The Morgan fingerprint density at radius 3 is 2.35 bits per heavy atom. The van der Waals surface area contributed by atoms with Gasteiger partial charge in [0.25, 0.3) is 0 Å². The second-order valence-corrected chi connectivity index (χ2v) is 8.56. The summed E-state index contributed by atoms with van der Waals surface area (Å²) in [4.78, 5) is 0.998. The van der Waals surface area contributed by atoms with Crippen molar-refractivity contribution >= 4 is 11.0 Å². The smallest absolute Gasteiger partial charge is 0.127 e. The van der Waals surface area contributed by atoms with Crippen molar-refractivity contribution in [3.63, 3.8) is 0 Å². The zero-order chi connectivity index (χ0) is 14.9. The molecule has 0 saturated carbocycles. The first-order valence-electron chi connectivity index (χ1n) is 7.57. The molecule has 1 unspecified atom stereocenters. The molecule has 3 heteroatoms. The van der Waals surface area contributed by atoms with E-state index in [1.165, 1.54) is 11.1 Å². The zero-order valence-electron chi connectivity index (χ0n) is 13.4. The Balaban J connectivity index is 2.30. The van der Waals surface area contributed by atoms with Crippen LogP contribution in [0, 0.1) is 12.8 Å². The summed E-state index contributed by atoms with van der Waals surface area (Å²) in [6.45, 7) is 12.9. The number of piperidine rings is 1. The van der Waals surface area contributed by atoms with E-state index >= 15 is 0 Å². The van der Waals surface area contributed by atoms with E-state index in [4.69, 9.17) is 0 Å². The lowest BCUT2D eigenvalue weighted by atomic mass is 9.86. The van der Waals surface area contributed by atoms with Gasteiger partial charge in [0.15, 0.2) is 0 Å². The lowest BCUT2D eigenvalue weighted by molar-refractivity contribution is 0.299. The van der Waals surface area contributed by atoms with E-state index in [-0.39, 0.29) is 5.41 Å². The van der Waals surface area contributed by atoms with Crippen molar-refractivity contribution in [1.82, 2.24) is 4.31 Å². The molecule has 1 aliphatic heterocycles. The van der Waals surface area contributed by atoms with Gasteiger partial charge in [-0.25, -0.2) is 8.51 Å². The lowest BCUT2D eigenvalue weighted by Crippen LogP contribution is -2.35. The molecule has 0 amide bonds. The molecule has 0 aromatic heterocycles. The summed E-state index contributed by atoms with van der Waals surface area (Å²) in [7, 11) is -1.02. The fraction of sp³-hybridized carbons (Fsp3) is 0.647. The molecule has 1 atom stereocenters. The first kappa shape index (κ1) is 15.7. The minimum atomic E-state index is -1.02. The summed E-state index contributed by atoms with van der Waals surface area (Å²) in [6, 6.07) is 6.33. The summed E-state index contributed by atoms with van der Waals surface area (Å²) in [5, 5.41) is 0. The Morgan fingerprint density at radius 1 is 1.20 bits per heavy atom. The number of aryl methyl sites for hydroxylation is 1. The Labute approximate surface area is 126 Å². The fourth-order valence-electron chi connectivity index (χ4n) is 2.67. The molecule has 0 N–H and O–H groups in total. The van der Waals surface area contributed by atoms with Crippen LogP contribution in [0.5, 0.6) is 0 Å². The van der Waals surface area contributed by atoms with Gasteiger partial charge in [0.1, 0.15) is 11.0 Å². The molecule has 1 aromatic carbocycles. The van der Waals surface area contributed by atoms with Crippen LogP contribution in [-0.4, -0.2) is 21.6 Å². The number of benzene rings is 1. The van der Waals surface area contributed by atoms with Gasteiger partial charge in [-0.15, -0.1) is 0 Å². The number of nitrogens with zero attached hydrogens (tertiary/aromatic N) is 1. The van der Waals surface area contributed by atoms with E-state index in [9.17, 15) is 4.21 Å². The molecule has 0 bridgehead atoms. The highest BCUT2D eigenvalue weighted by molar-refractivity contribution is 7.82. The van der Waals surface area contributed by atoms with Crippen molar-refractivity contribution in [2.75, 3.05) is 13.1 Å². The van der Waals surface area contributed by atoms with E-state index in [1.807, 2.05) is 0 Å². The van der Waals surface area contributed by atoms with Gasteiger partial charge in [0.05, 0.1) is 4.90 Å². The van der Waals surface area contributed by atoms with Gasteiger partial charge < -0.3 is 0 Å². The number of hydrogen-bond donors (Lipinski definition) is 0. The summed E-state index contributed by atoms with van der Waals surface area (Å²) in [5.41, 5.74) is 2.48. The van der Waals surface area contributed by atoms with Crippen LogP contribution in [0.1, 0.15) is 51.7 Å². The van der Waals surface area contributed by atoms with Gasteiger partial charge in [0.2, 0.25) is 0 Å². The van der Waals surface area contributed by atoms with Crippen LogP contribution in [0.4, 0.5) is 0 Å². The van der Waals surface area contributed by atoms with Crippen LogP contribution in [-0.2, 0) is 16.4 Å². The quantitative estimate of drug-likeness (QED) is 0.805. The fourth-order valence-corrected chi connectivity index (χ4v) is 4.23. The molecule has 1 aromatic rings. The van der Waals surface area contributed by atoms with E-state index in [2.05, 4.69) is 57.1 Å². The second-order valence-electron chi connectivity index (χ2n) is 7.11. The molecule has 1 aliphatic rings. The largest absolute Gasteiger partial charge is 0.237 e. The van der Waals surface area contributed by atoms with Crippen molar-refractivity contribution in [2.45, 2.75) is 57.8 Å². The predicted octanol–water partition coefficient (Wildman–Crippen LogP) is 4.05. The summed E-state index contributed by atoms with van der Waals surface area (Å²) >= 11 is 0. The lowest BCUT2D eigenvalue weighted by Gasteiger charge is -2.31. The van der Waals surface area contributed by atoms with Crippen LogP contribution in [0.2, 0.25) is 0 Å². The van der Waals surface area contributed by atoms with Gasteiger partial charge in [-0.05, 0) is 42.7 Å². The Morgan fingerprint density at radius 2 is 1.80 bits per heavy atom. The maximum Gasteiger partial charge on any atom is 0.127 e. The van der Waals surface area contributed by atoms with Crippen molar-refractivity contribution in [3.8, 4) is 0 Å². The van der Waals surface area contributed by atoms with Crippen LogP contribution in [0.3, 0.4) is 0 Å². The molecule has 0 spiro atoms. The minimum absolute atomic E-state index is 0.0279. The van der Waals surface area contributed by atoms with Crippen molar-refractivity contribution in [3.05, 3.63) is 29.3 Å². The predicted molar refractivity (Wildman–Crippen MR) is 86.3 cm³/mol. The first-order chi connectivity index (χ1) is 9.29. The van der Waals surface area contributed by atoms with Crippen LogP contribution in [0.25, 0.3) is 0 Å². The molecule has 1 heterocycles. The number of rotatable bonds is 2. The number of hydrogen-bond acceptors (Lipinski definition) is 1. The Bertz CT molecular complexity index is 496. The van der Waals surface area contributed by atoms with E-state index < -0.39 is 11.0 Å². The second kappa shape index (κ2) is 5.98. The van der Waals surface area contributed by atoms with Gasteiger partial charge in [-0.1, -0.05) is 45.4 Å². The average Bonchev–Trinajstić information content (AvgIpc) is 2.38. The highest BCUT2D eigenvalue weighted by Crippen LogP contribution is 2.31. The molecule has 112 valence electrons. The molecular formula is C17H27NOS. The van der Waals surface area contributed by atoms with Crippen molar-refractivity contribution < 1.29 is 4.21 Å². The molecule has 1 saturated heterocycles. The third-order valence-corrected chi connectivity index (χ3v) is 5.67. The summed E-state index contributed by atoms with van der Waals surface area (Å²) in [6.07, 6.45) is 2.31. The topological polar surface area (TPSA) is 20.3 Å². The average molecular weight is 293 g/mol. The Hall–Kier alpha value is -0.670. The monoisotopic (exact) mass is 293 g/mol. The minimum Gasteiger partial charge on any atom is -0.237 e. The molecule has 2 rings (SSSR count). The van der Waals surface area contributed by atoms with Gasteiger partial charge in [0, 0.05) is 13.1 Å². The molecule has 0 radical (unpaired) electrons. The zero-order valence-corrected chi connectivity index (χ0v) is 14.2. The van der Waals surface area contributed by atoms with Crippen LogP contribution in [0.15, 0.2) is 23.1 Å². The molecule has 1 fully saturated rings. The SMILES string of the molecule is Cc1ccc(S(=O)N2CCC(C)CC2)c(C(C)(C)C)c1. The van der Waals surface area contributed by atoms with Gasteiger partial charge in [-0.3, -0.25) is 0 Å². The molecule has 2 nitrogen and oxygen atoms in total. The molecule has 0 aliphatic carbocycles. The molecule has 20 heavy (non-hydrogen) atoms. The van der Waals surface area contributed by atoms with Gasteiger partial charge >= 0.3 is 0 Å². The highest BCUT2D eigenvalue weighted by Gasteiger charge is 2.26. The first-order valence-corrected chi connectivity index (χ1v) is 8.67. The van der Waals surface area contributed by atoms with E-state index in [0.717, 1.165) is 36.7 Å². The van der Waals surface area contributed by atoms with Gasteiger partial charge in [-0.2, -0.15) is 0 Å². The maximum absolute atomic E-state index is 12.9. The summed E-state index contributed by atoms with van der Waals surface area (Å²) < 4.78 is 15.1. The normalized spacial score (nSPS) is 20.1. The van der Waals surface area contributed by atoms with Crippen molar-refractivity contribution in [1.29, 1.82) is 0 Å². The van der Waals surface area contributed by atoms with Crippen LogP contribution >= 0.6 is 0 Å². The Kier molecular flexibility index (Phi) is 4.70. The van der Waals surface area contributed by atoms with Crippen LogP contribution < -0.4 is 0 Å². The molecular weight excluding hydrogens is 266 g/mol.